The van der Waals surface area contributed by atoms with Gasteiger partial charge in [-0.15, -0.1) is 0 Å². The minimum atomic E-state index is -1.28. The SMILES string of the molecule is CC1CCC(Nc2ccc([N+](=O)[O-])c(C(=O)O)c2)C1. The molecule has 1 aliphatic rings. The third-order valence-corrected chi connectivity index (χ3v) is 3.49. The summed E-state index contributed by atoms with van der Waals surface area (Å²) in [5.74, 6) is -0.621. The Morgan fingerprint density at radius 2 is 2.21 bits per heavy atom. The Bertz CT molecular complexity index is 515. The fourth-order valence-electron chi connectivity index (χ4n) is 2.53. The van der Waals surface area contributed by atoms with Crippen LogP contribution in [0.2, 0.25) is 0 Å². The van der Waals surface area contributed by atoms with Crippen molar-refractivity contribution in [2.24, 2.45) is 5.92 Å². The number of carboxylic acids is 1. The van der Waals surface area contributed by atoms with E-state index < -0.39 is 10.9 Å². The normalized spacial score (nSPS) is 22.2. The fourth-order valence-corrected chi connectivity index (χ4v) is 2.53. The van der Waals surface area contributed by atoms with E-state index in [1.54, 1.807) is 6.07 Å². The lowest BCUT2D eigenvalue weighted by Gasteiger charge is -2.14. The lowest BCUT2D eigenvalue weighted by atomic mass is 10.1. The standard InChI is InChI=1S/C13H16N2O4/c1-8-2-3-9(6-8)14-10-4-5-12(15(18)19)11(7-10)13(16)17/h4-5,7-9,14H,2-3,6H2,1H3,(H,16,17). The van der Waals surface area contributed by atoms with Crippen molar-refractivity contribution < 1.29 is 14.8 Å². The molecule has 19 heavy (non-hydrogen) atoms. The van der Waals surface area contributed by atoms with Crippen LogP contribution in [0.4, 0.5) is 11.4 Å². The lowest BCUT2D eigenvalue weighted by molar-refractivity contribution is -0.385. The van der Waals surface area contributed by atoms with Crippen LogP contribution in [0.15, 0.2) is 18.2 Å². The Morgan fingerprint density at radius 1 is 1.47 bits per heavy atom. The number of hydrogen-bond donors (Lipinski definition) is 2. The molecule has 0 radical (unpaired) electrons. The molecule has 0 heterocycles. The molecule has 6 heteroatoms. The van der Waals surface area contributed by atoms with Crippen molar-refractivity contribution in [1.82, 2.24) is 0 Å². The number of hydrogen-bond acceptors (Lipinski definition) is 4. The molecule has 1 fully saturated rings. The number of rotatable bonds is 4. The largest absolute Gasteiger partial charge is 0.477 e. The molecule has 0 saturated heterocycles. The predicted molar refractivity (Wildman–Crippen MR) is 70.5 cm³/mol. The molecular weight excluding hydrogens is 248 g/mol. The first-order valence-electron chi connectivity index (χ1n) is 6.25. The highest BCUT2D eigenvalue weighted by Crippen LogP contribution is 2.29. The van der Waals surface area contributed by atoms with Gasteiger partial charge in [-0.3, -0.25) is 10.1 Å². The number of nitrogens with one attached hydrogen (secondary N) is 1. The van der Waals surface area contributed by atoms with Gasteiger partial charge in [0.15, 0.2) is 0 Å². The van der Waals surface area contributed by atoms with Crippen molar-refractivity contribution in [3.63, 3.8) is 0 Å². The number of aromatic carboxylic acids is 1. The van der Waals surface area contributed by atoms with Crippen LogP contribution in [-0.4, -0.2) is 22.0 Å². The number of nitrogens with zero attached hydrogens (tertiary/aromatic N) is 1. The van der Waals surface area contributed by atoms with E-state index in [0.717, 1.165) is 19.3 Å². The van der Waals surface area contributed by atoms with Gasteiger partial charge in [0.2, 0.25) is 0 Å². The van der Waals surface area contributed by atoms with Gasteiger partial charge in [0.25, 0.3) is 5.69 Å². The number of carboxylic acid groups (broad SMARTS) is 1. The monoisotopic (exact) mass is 264 g/mol. The van der Waals surface area contributed by atoms with Gasteiger partial charge in [0.05, 0.1) is 4.92 Å². The summed E-state index contributed by atoms with van der Waals surface area (Å²) in [6, 6.07) is 4.46. The Morgan fingerprint density at radius 3 is 2.74 bits per heavy atom. The number of carbonyl (C=O) groups is 1. The fraction of sp³-hybridized carbons (Fsp3) is 0.462. The zero-order valence-electron chi connectivity index (χ0n) is 10.6. The second kappa shape index (κ2) is 5.26. The van der Waals surface area contributed by atoms with Crippen molar-refractivity contribution in [3.8, 4) is 0 Å². The van der Waals surface area contributed by atoms with Gasteiger partial charge in [0.1, 0.15) is 5.56 Å². The Labute approximate surface area is 110 Å². The third kappa shape index (κ3) is 3.01. The summed E-state index contributed by atoms with van der Waals surface area (Å²) in [5.41, 5.74) is -0.0269. The molecule has 0 bridgehead atoms. The molecule has 1 aromatic rings. The summed E-state index contributed by atoms with van der Waals surface area (Å²) < 4.78 is 0. The summed E-state index contributed by atoms with van der Waals surface area (Å²) in [6.07, 6.45) is 3.23. The quantitative estimate of drug-likeness (QED) is 0.644. The van der Waals surface area contributed by atoms with Crippen LogP contribution >= 0.6 is 0 Å². The second-order valence-electron chi connectivity index (χ2n) is 5.05. The minimum absolute atomic E-state index is 0.277. The maximum absolute atomic E-state index is 11.0. The zero-order valence-corrected chi connectivity index (χ0v) is 10.6. The molecule has 102 valence electrons. The second-order valence-corrected chi connectivity index (χ2v) is 5.05. The number of nitro groups is 1. The van der Waals surface area contributed by atoms with Crippen LogP contribution in [0.1, 0.15) is 36.5 Å². The van der Waals surface area contributed by atoms with Gasteiger partial charge in [-0.2, -0.15) is 0 Å². The summed E-state index contributed by atoms with van der Waals surface area (Å²) in [5, 5.41) is 23.0. The highest BCUT2D eigenvalue weighted by atomic mass is 16.6. The van der Waals surface area contributed by atoms with E-state index in [-0.39, 0.29) is 11.3 Å². The van der Waals surface area contributed by atoms with Crippen molar-refractivity contribution in [2.45, 2.75) is 32.2 Å². The van der Waals surface area contributed by atoms with Crippen molar-refractivity contribution >= 4 is 17.3 Å². The van der Waals surface area contributed by atoms with Crippen molar-refractivity contribution in [3.05, 3.63) is 33.9 Å². The van der Waals surface area contributed by atoms with Crippen molar-refractivity contribution in [2.75, 3.05) is 5.32 Å². The summed E-state index contributed by atoms with van der Waals surface area (Å²) in [4.78, 5) is 21.1. The first-order valence-corrected chi connectivity index (χ1v) is 6.25. The molecule has 0 spiro atoms. The topological polar surface area (TPSA) is 92.5 Å². The van der Waals surface area contributed by atoms with Gasteiger partial charge in [0, 0.05) is 17.8 Å². The van der Waals surface area contributed by atoms with Crippen LogP contribution in [0.25, 0.3) is 0 Å². The Balaban J connectivity index is 2.21. The van der Waals surface area contributed by atoms with E-state index >= 15 is 0 Å². The molecule has 6 nitrogen and oxygen atoms in total. The van der Waals surface area contributed by atoms with Gasteiger partial charge < -0.3 is 10.4 Å². The van der Waals surface area contributed by atoms with Gasteiger partial charge in [-0.1, -0.05) is 6.92 Å². The first kappa shape index (κ1) is 13.3. The van der Waals surface area contributed by atoms with Crippen molar-refractivity contribution in [1.29, 1.82) is 0 Å². The zero-order chi connectivity index (χ0) is 14.0. The summed E-state index contributed by atoms with van der Waals surface area (Å²) in [7, 11) is 0. The van der Waals surface area contributed by atoms with E-state index in [4.69, 9.17) is 5.11 Å². The van der Waals surface area contributed by atoms with Gasteiger partial charge in [-0.25, -0.2) is 4.79 Å². The number of benzene rings is 1. The van der Waals surface area contributed by atoms with Crippen LogP contribution in [0.3, 0.4) is 0 Å². The molecule has 1 aromatic carbocycles. The van der Waals surface area contributed by atoms with E-state index in [0.29, 0.717) is 17.6 Å². The molecule has 1 saturated carbocycles. The molecule has 0 aromatic heterocycles. The molecule has 0 amide bonds. The van der Waals surface area contributed by atoms with Gasteiger partial charge >= 0.3 is 5.97 Å². The van der Waals surface area contributed by atoms with E-state index in [9.17, 15) is 14.9 Å². The molecule has 2 rings (SSSR count). The third-order valence-electron chi connectivity index (χ3n) is 3.49. The number of nitro benzene ring substituents is 1. The summed E-state index contributed by atoms with van der Waals surface area (Å²) in [6.45, 7) is 2.18. The molecule has 2 N–H and O–H groups in total. The average Bonchev–Trinajstić information content (AvgIpc) is 2.74. The average molecular weight is 264 g/mol. The number of anilines is 1. The van der Waals surface area contributed by atoms with E-state index in [2.05, 4.69) is 12.2 Å². The lowest BCUT2D eigenvalue weighted by Crippen LogP contribution is -2.16. The predicted octanol–water partition coefficient (Wildman–Crippen LogP) is 2.89. The highest BCUT2D eigenvalue weighted by Gasteiger charge is 2.23. The smallest absolute Gasteiger partial charge is 0.342 e. The molecular formula is C13H16N2O4. The molecule has 1 aliphatic carbocycles. The molecule has 0 aliphatic heterocycles. The van der Waals surface area contributed by atoms with Crippen LogP contribution in [0.5, 0.6) is 0 Å². The Hall–Kier alpha value is -2.11. The Kier molecular flexibility index (Phi) is 3.69. The molecule has 2 atom stereocenters. The molecule has 2 unspecified atom stereocenters. The van der Waals surface area contributed by atoms with Crippen LogP contribution < -0.4 is 5.32 Å². The maximum atomic E-state index is 11.0. The van der Waals surface area contributed by atoms with E-state index in [1.165, 1.54) is 12.1 Å². The summed E-state index contributed by atoms with van der Waals surface area (Å²) >= 11 is 0. The highest BCUT2D eigenvalue weighted by molar-refractivity contribution is 5.93. The van der Waals surface area contributed by atoms with Crippen LogP contribution in [0, 0.1) is 16.0 Å². The maximum Gasteiger partial charge on any atom is 0.342 e. The van der Waals surface area contributed by atoms with Crippen LogP contribution in [-0.2, 0) is 0 Å². The van der Waals surface area contributed by atoms with Gasteiger partial charge in [-0.05, 0) is 37.3 Å². The minimum Gasteiger partial charge on any atom is -0.477 e. The first-order chi connectivity index (χ1) is 8.97. The van der Waals surface area contributed by atoms with E-state index in [1.807, 2.05) is 0 Å².